The van der Waals surface area contributed by atoms with Gasteiger partial charge in [0.1, 0.15) is 0 Å². The van der Waals surface area contributed by atoms with Crippen LogP contribution in [-0.2, 0) is 11.2 Å². The van der Waals surface area contributed by atoms with Crippen LogP contribution in [0.5, 0.6) is 0 Å². The summed E-state index contributed by atoms with van der Waals surface area (Å²) in [5, 5.41) is 0. The van der Waals surface area contributed by atoms with Gasteiger partial charge in [0.2, 0.25) is 5.91 Å². The van der Waals surface area contributed by atoms with E-state index in [-0.39, 0.29) is 5.91 Å². The Kier molecular flexibility index (Phi) is 5.64. The van der Waals surface area contributed by atoms with Gasteiger partial charge in [-0.15, -0.1) is 0 Å². The van der Waals surface area contributed by atoms with Gasteiger partial charge in [-0.2, -0.15) is 0 Å². The van der Waals surface area contributed by atoms with Gasteiger partial charge in [-0.25, -0.2) is 0 Å². The van der Waals surface area contributed by atoms with E-state index in [1.54, 1.807) is 19.0 Å². The Hall–Kier alpha value is -2.43. The zero-order chi connectivity index (χ0) is 17.6. The van der Waals surface area contributed by atoms with Crippen molar-refractivity contribution in [1.82, 2.24) is 14.9 Å². The first-order valence-electron chi connectivity index (χ1n) is 8.94. The van der Waals surface area contributed by atoms with Gasteiger partial charge in [0.15, 0.2) is 0 Å². The number of carbonyl (C=O) groups is 1. The number of hydrogen-bond acceptors (Lipinski definition) is 4. The Balaban J connectivity index is 1.67. The van der Waals surface area contributed by atoms with Crippen LogP contribution in [0.1, 0.15) is 36.6 Å². The van der Waals surface area contributed by atoms with Crippen molar-refractivity contribution in [3.63, 3.8) is 0 Å². The smallest absolute Gasteiger partial charge is 0.222 e. The van der Waals surface area contributed by atoms with Crippen LogP contribution in [0.15, 0.2) is 42.7 Å². The van der Waals surface area contributed by atoms with E-state index in [0.717, 1.165) is 37.3 Å². The van der Waals surface area contributed by atoms with Crippen LogP contribution >= 0.6 is 0 Å². The first-order chi connectivity index (χ1) is 12.1. The summed E-state index contributed by atoms with van der Waals surface area (Å²) in [6.07, 6.45) is 7.26. The van der Waals surface area contributed by atoms with E-state index in [2.05, 4.69) is 28.1 Å². The lowest BCUT2D eigenvalue weighted by molar-refractivity contribution is -0.128. The fourth-order valence-corrected chi connectivity index (χ4v) is 3.32. The maximum atomic E-state index is 11.8. The number of piperidine rings is 1. The third-order valence-electron chi connectivity index (χ3n) is 4.77. The molecule has 0 radical (unpaired) electrons. The molecule has 3 heterocycles. The van der Waals surface area contributed by atoms with Crippen molar-refractivity contribution >= 4 is 11.6 Å². The van der Waals surface area contributed by atoms with E-state index in [1.807, 2.05) is 24.5 Å². The average Bonchev–Trinajstić information content (AvgIpc) is 2.67. The zero-order valence-electron chi connectivity index (χ0n) is 15.1. The fraction of sp³-hybridized carbons (Fsp3) is 0.450. The summed E-state index contributed by atoms with van der Waals surface area (Å²) < 4.78 is 0. The third kappa shape index (κ3) is 4.56. The molecule has 3 rings (SSSR count). The molecule has 0 aromatic carbocycles. The van der Waals surface area contributed by atoms with Crippen LogP contribution in [0.25, 0.3) is 0 Å². The van der Waals surface area contributed by atoms with Gasteiger partial charge in [0.25, 0.3) is 0 Å². The Morgan fingerprint density at radius 2 is 2.16 bits per heavy atom. The maximum absolute atomic E-state index is 11.8. The maximum Gasteiger partial charge on any atom is 0.222 e. The summed E-state index contributed by atoms with van der Waals surface area (Å²) in [7, 11) is 3.59. The fourth-order valence-electron chi connectivity index (χ4n) is 3.32. The topological polar surface area (TPSA) is 49.3 Å². The minimum Gasteiger partial charge on any atom is -0.370 e. The molecule has 1 atom stereocenters. The molecule has 0 aliphatic carbocycles. The number of amides is 1. The second-order valence-electron chi connectivity index (χ2n) is 6.84. The number of anilines is 1. The summed E-state index contributed by atoms with van der Waals surface area (Å²) in [4.78, 5) is 24.9. The molecule has 5 heteroatoms. The molecule has 0 unspecified atom stereocenters. The Morgan fingerprint density at radius 1 is 1.28 bits per heavy atom. The number of carbonyl (C=O) groups excluding carboxylic acids is 1. The van der Waals surface area contributed by atoms with Gasteiger partial charge in [-0.3, -0.25) is 14.8 Å². The lowest BCUT2D eigenvalue weighted by Crippen LogP contribution is -2.34. The molecule has 0 saturated carbocycles. The monoisotopic (exact) mass is 338 g/mol. The van der Waals surface area contributed by atoms with Crippen LogP contribution in [-0.4, -0.2) is 48.0 Å². The second kappa shape index (κ2) is 8.10. The number of rotatable bonds is 5. The molecule has 1 amide bonds. The largest absolute Gasteiger partial charge is 0.370 e. The van der Waals surface area contributed by atoms with Gasteiger partial charge in [-0.05, 0) is 43.5 Å². The highest BCUT2D eigenvalue weighted by Crippen LogP contribution is 2.28. The van der Waals surface area contributed by atoms with Gasteiger partial charge in [0.05, 0.1) is 11.9 Å². The molecule has 1 fully saturated rings. The predicted octanol–water partition coefficient (Wildman–Crippen LogP) is 2.88. The number of nitrogens with zero attached hydrogens (tertiary/aromatic N) is 4. The van der Waals surface area contributed by atoms with Crippen LogP contribution in [0.2, 0.25) is 0 Å². The quantitative estimate of drug-likeness (QED) is 0.841. The molecule has 2 aromatic rings. The third-order valence-corrected chi connectivity index (χ3v) is 4.77. The second-order valence-corrected chi connectivity index (χ2v) is 6.84. The molecule has 1 saturated heterocycles. The molecule has 1 aliphatic heterocycles. The molecule has 0 spiro atoms. The summed E-state index contributed by atoms with van der Waals surface area (Å²) in [6, 6.07) is 10.3. The lowest BCUT2D eigenvalue weighted by Gasteiger charge is -2.34. The van der Waals surface area contributed by atoms with E-state index in [4.69, 9.17) is 4.98 Å². The molecule has 132 valence electrons. The van der Waals surface area contributed by atoms with E-state index >= 15 is 0 Å². The molecule has 1 aliphatic rings. The highest BCUT2D eigenvalue weighted by Gasteiger charge is 2.23. The normalized spacial score (nSPS) is 17.4. The molecule has 2 aromatic heterocycles. The first kappa shape index (κ1) is 17.4. The predicted molar refractivity (Wildman–Crippen MR) is 99.7 cm³/mol. The van der Waals surface area contributed by atoms with Gasteiger partial charge in [0, 0.05) is 57.1 Å². The SMILES string of the molecule is CN(C)C(=O)CCc1cccc([C@H]2CCCN(c3cccnc3)C2)n1. The Labute approximate surface area is 149 Å². The van der Waals surface area contributed by atoms with Crippen molar-refractivity contribution in [2.24, 2.45) is 0 Å². The van der Waals surface area contributed by atoms with Crippen molar-refractivity contribution < 1.29 is 4.79 Å². The van der Waals surface area contributed by atoms with Crippen molar-refractivity contribution in [3.05, 3.63) is 54.1 Å². The Bertz CT molecular complexity index is 702. The molecule has 5 nitrogen and oxygen atoms in total. The van der Waals surface area contributed by atoms with E-state index in [1.165, 1.54) is 5.69 Å². The van der Waals surface area contributed by atoms with Gasteiger partial charge < -0.3 is 9.80 Å². The van der Waals surface area contributed by atoms with E-state index in [9.17, 15) is 4.79 Å². The summed E-state index contributed by atoms with van der Waals surface area (Å²) in [5.74, 6) is 0.575. The molecule has 25 heavy (non-hydrogen) atoms. The lowest BCUT2D eigenvalue weighted by atomic mass is 9.93. The number of hydrogen-bond donors (Lipinski definition) is 0. The van der Waals surface area contributed by atoms with Crippen molar-refractivity contribution in [2.45, 2.75) is 31.6 Å². The first-order valence-corrected chi connectivity index (χ1v) is 8.94. The highest BCUT2D eigenvalue weighted by molar-refractivity contribution is 5.75. The average molecular weight is 338 g/mol. The van der Waals surface area contributed by atoms with E-state index < -0.39 is 0 Å². The number of aryl methyl sites for hydroxylation is 1. The van der Waals surface area contributed by atoms with Crippen molar-refractivity contribution in [1.29, 1.82) is 0 Å². The summed E-state index contributed by atoms with van der Waals surface area (Å²) in [6.45, 7) is 2.04. The van der Waals surface area contributed by atoms with Crippen molar-refractivity contribution in [2.75, 3.05) is 32.1 Å². The summed E-state index contributed by atoms with van der Waals surface area (Å²) >= 11 is 0. The Morgan fingerprint density at radius 3 is 2.92 bits per heavy atom. The minimum absolute atomic E-state index is 0.146. The zero-order valence-corrected chi connectivity index (χ0v) is 15.1. The molecule has 0 bridgehead atoms. The summed E-state index contributed by atoms with van der Waals surface area (Å²) in [5.41, 5.74) is 3.33. The van der Waals surface area contributed by atoms with Gasteiger partial charge in [-0.1, -0.05) is 6.07 Å². The number of aromatic nitrogens is 2. The van der Waals surface area contributed by atoms with Gasteiger partial charge >= 0.3 is 0 Å². The van der Waals surface area contributed by atoms with Crippen LogP contribution in [0, 0.1) is 0 Å². The minimum atomic E-state index is 0.146. The molecular weight excluding hydrogens is 312 g/mol. The van der Waals surface area contributed by atoms with Crippen LogP contribution < -0.4 is 4.90 Å². The molecule has 0 N–H and O–H groups in total. The standard InChI is InChI=1S/C20H26N4O/c1-23(2)20(25)11-10-17-7-3-9-19(22-17)16-6-5-13-24(15-16)18-8-4-12-21-14-18/h3-4,7-9,12,14,16H,5-6,10-11,13,15H2,1-2H3/t16-/m0/s1. The molecular formula is C20H26N4O. The van der Waals surface area contributed by atoms with Crippen LogP contribution in [0.4, 0.5) is 5.69 Å². The van der Waals surface area contributed by atoms with Crippen molar-refractivity contribution in [3.8, 4) is 0 Å². The van der Waals surface area contributed by atoms with Crippen LogP contribution in [0.3, 0.4) is 0 Å². The van der Waals surface area contributed by atoms with E-state index in [0.29, 0.717) is 18.8 Å². The number of pyridine rings is 2. The highest BCUT2D eigenvalue weighted by atomic mass is 16.2.